The van der Waals surface area contributed by atoms with Crippen molar-refractivity contribution in [1.82, 2.24) is 20.1 Å². The summed E-state index contributed by atoms with van der Waals surface area (Å²) in [7, 11) is 1.24. The third-order valence-electron chi connectivity index (χ3n) is 4.13. The van der Waals surface area contributed by atoms with Crippen LogP contribution in [0.1, 0.15) is 35.8 Å². The zero-order chi connectivity index (χ0) is 18.0. The molecule has 1 aromatic heterocycles. The molecule has 0 radical (unpaired) electrons. The smallest absolute Gasteiger partial charge is 0.349 e. The Labute approximate surface area is 147 Å². The van der Waals surface area contributed by atoms with E-state index in [1.165, 1.54) is 12.6 Å². The lowest BCUT2D eigenvalue weighted by Gasteiger charge is -2.26. The van der Waals surface area contributed by atoms with E-state index in [2.05, 4.69) is 21.6 Å². The van der Waals surface area contributed by atoms with Gasteiger partial charge in [0.2, 0.25) is 11.7 Å². The van der Waals surface area contributed by atoms with Crippen molar-refractivity contribution in [2.45, 2.75) is 36.6 Å². The number of alkyl halides is 3. The molecule has 1 aliphatic carbocycles. The Morgan fingerprint density at radius 1 is 1.36 bits per heavy atom. The largest absolute Gasteiger partial charge is 0.451 e. The molecule has 134 valence electrons. The number of halogens is 3. The van der Waals surface area contributed by atoms with Crippen LogP contribution in [0.5, 0.6) is 0 Å². The maximum absolute atomic E-state index is 12.7. The molecule has 1 aliphatic rings. The molecule has 3 rings (SSSR count). The topological polar surface area (TPSA) is 59.8 Å². The van der Waals surface area contributed by atoms with Crippen LogP contribution in [0.15, 0.2) is 29.4 Å². The summed E-state index contributed by atoms with van der Waals surface area (Å²) in [4.78, 5) is 12.2. The van der Waals surface area contributed by atoms with Gasteiger partial charge < -0.3 is 9.88 Å². The van der Waals surface area contributed by atoms with Gasteiger partial charge in [-0.25, -0.2) is 0 Å². The van der Waals surface area contributed by atoms with Crippen molar-refractivity contribution in [3.8, 4) is 0 Å². The molecule has 1 amide bonds. The van der Waals surface area contributed by atoms with Gasteiger partial charge in [-0.2, -0.15) is 13.2 Å². The lowest BCUT2D eigenvalue weighted by Crippen LogP contribution is -2.32. The molecule has 0 fully saturated rings. The van der Waals surface area contributed by atoms with E-state index in [0.717, 1.165) is 41.2 Å². The van der Waals surface area contributed by atoms with Gasteiger partial charge in [-0.1, -0.05) is 36.0 Å². The predicted molar refractivity (Wildman–Crippen MR) is 87.0 cm³/mol. The predicted octanol–water partition coefficient (Wildman–Crippen LogP) is 3.12. The fraction of sp³-hybridized carbons (Fsp3) is 0.438. The Morgan fingerprint density at radius 3 is 2.84 bits per heavy atom. The summed E-state index contributed by atoms with van der Waals surface area (Å²) in [5.74, 6) is -1.32. The Balaban J connectivity index is 1.61. The first-order valence-electron chi connectivity index (χ1n) is 7.83. The van der Waals surface area contributed by atoms with Crippen LogP contribution >= 0.6 is 11.8 Å². The quantitative estimate of drug-likeness (QED) is 0.840. The summed E-state index contributed by atoms with van der Waals surface area (Å²) in [6.07, 6.45) is -1.71. The molecule has 25 heavy (non-hydrogen) atoms. The van der Waals surface area contributed by atoms with Crippen LogP contribution in [0.2, 0.25) is 0 Å². The van der Waals surface area contributed by atoms with Crippen molar-refractivity contribution in [3.63, 3.8) is 0 Å². The van der Waals surface area contributed by atoms with Crippen molar-refractivity contribution in [2.75, 3.05) is 5.75 Å². The number of hydrogen-bond acceptors (Lipinski definition) is 4. The first-order valence-corrected chi connectivity index (χ1v) is 8.81. The highest BCUT2D eigenvalue weighted by atomic mass is 32.2. The normalized spacial score (nSPS) is 17.2. The van der Waals surface area contributed by atoms with Crippen LogP contribution in [0.4, 0.5) is 13.2 Å². The van der Waals surface area contributed by atoms with E-state index in [9.17, 15) is 18.0 Å². The van der Waals surface area contributed by atoms with Gasteiger partial charge in [-0.15, -0.1) is 10.2 Å². The standard InChI is InChI=1S/C16H17F3N4OS/c1-23-14(16(17,18)19)21-22-15(23)25-9-13(24)20-12-8-4-6-10-5-2-3-7-11(10)12/h2-3,5,7,12H,4,6,8-9H2,1H3,(H,20,24)/t12-/m0/s1. The van der Waals surface area contributed by atoms with Gasteiger partial charge in [0.15, 0.2) is 5.16 Å². The number of carbonyl (C=O) groups is 1. The van der Waals surface area contributed by atoms with E-state index in [-0.39, 0.29) is 22.9 Å². The molecule has 0 aliphatic heterocycles. The van der Waals surface area contributed by atoms with Gasteiger partial charge in [0, 0.05) is 7.05 Å². The Morgan fingerprint density at radius 2 is 2.12 bits per heavy atom. The fourth-order valence-corrected chi connectivity index (χ4v) is 3.68. The number of rotatable bonds is 4. The van der Waals surface area contributed by atoms with Gasteiger partial charge >= 0.3 is 6.18 Å². The maximum atomic E-state index is 12.7. The molecule has 9 heteroatoms. The zero-order valence-electron chi connectivity index (χ0n) is 13.5. The summed E-state index contributed by atoms with van der Waals surface area (Å²) in [6, 6.07) is 7.93. The van der Waals surface area contributed by atoms with E-state index in [4.69, 9.17) is 0 Å². The van der Waals surface area contributed by atoms with E-state index < -0.39 is 12.0 Å². The third-order valence-corrected chi connectivity index (χ3v) is 5.15. The summed E-state index contributed by atoms with van der Waals surface area (Å²) in [5, 5.41) is 9.68. The van der Waals surface area contributed by atoms with Crippen LogP contribution < -0.4 is 5.32 Å². The number of benzene rings is 1. The number of hydrogen-bond donors (Lipinski definition) is 1. The summed E-state index contributed by atoms with van der Waals surface area (Å²) in [6.45, 7) is 0. The van der Waals surface area contributed by atoms with Gasteiger partial charge in [0.25, 0.3) is 0 Å². The van der Waals surface area contributed by atoms with Crippen LogP contribution in [-0.4, -0.2) is 26.4 Å². The highest BCUT2D eigenvalue weighted by Gasteiger charge is 2.37. The number of fused-ring (bicyclic) bond motifs is 1. The minimum absolute atomic E-state index is 0.0114. The van der Waals surface area contributed by atoms with Crippen LogP contribution in [-0.2, 0) is 24.4 Å². The molecular weight excluding hydrogens is 353 g/mol. The summed E-state index contributed by atoms with van der Waals surface area (Å²) >= 11 is 0.939. The second-order valence-electron chi connectivity index (χ2n) is 5.86. The maximum Gasteiger partial charge on any atom is 0.451 e. The van der Waals surface area contributed by atoms with Gasteiger partial charge in [-0.3, -0.25) is 4.79 Å². The highest BCUT2D eigenvalue weighted by Crippen LogP contribution is 2.31. The number of nitrogens with one attached hydrogen (secondary N) is 1. The van der Waals surface area contributed by atoms with Crippen molar-refractivity contribution < 1.29 is 18.0 Å². The SMILES string of the molecule is Cn1c(SCC(=O)N[C@H]2CCCc3ccccc32)nnc1C(F)(F)F. The number of aryl methyl sites for hydroxylation is 1. The minimum Gasteiger partial charge on any atom is -0.349 e. The summed E-state index contributed by atoms with van der Waals surface area (Å²) < 4.78 is 39.0. The average molecular weight is 370 g/mol. The molecule has 1 aromatic carbocycles. The molecule has 0 saturated heterocycles. The third kappa shape index (κ3) is 3.97. The molecular formula is C16H17F3N4OS. The number of amides is 1. The van der Waals surface area contributed by atoms with Crippen LogP contribution in [0.3, 0.4) is 0 Å². The van der Waals surface area contributed by atoms with Gasteiger partial charge in [0.05, 0.1) is 11.8 Å². The second-order valence-corrected chi connectivity index (χ2v) is 6.81. The molecule has 2 aromatic rings. The monoisotopic (exact) mass is 370 g/mol. The Hall–Kier alpha value is -2.03. The van der Waals surface area contributed by atoms with Gasteiger partial charge in [0.1, 0.15) is 0 Å². The fourth-order valence-electron chi connectivity index (χ4n) is 2.96. The number of aromatic nitrogens is 3. The molecule has 1 N–H and O–H groups in total. The Bertz CT molecular complexity index is 775. The minimum atomic E-state index is -4.56. The first kappa shape index (κ1) is 17.8. The lowest BCUT2D eigenvalue weighted by atomic mass is 9.88. The lowest BCUT2D eigenvalue weighted by molar-refractivity contribution is -0.147. The van der Waals surface area contributed by atoms with E-state index >= 15 is 0 Å². The second kappa shape index (κ2) is 7.07. The van der Waals surface area contributed by atoms with Crippen LogP contribution in [0.25, 0.3) is 0 Å². The molecule has 1 heterocycles. The molecule has 0 spiro atoms. The van der Waals surface area contributed by atoms with Gasteiger partial charge in [-0.05, 0) is 30.4 Å². The van der Waals surface area contributed by atoms with Crippen molar-refractivity contribution in [1.29, 1.82) is 0 Å². The number of carbonyl (C=O) groups excluding carboxylic acids is 1. The first-order chi connectivity index (χ1) is 11.9. The van der Waals surface area contributed by atoms with E-state index in [0.29, 0.717) is 0 Å². The molecule has 1 atom stereocenters. The van der Waals surface area contributed by atoms with Crippen molar-refractivity contribution >= 4 is 17.7 Å². The molecule has 0 saturated carbocycles. The van der Waals surface area contributed by atoms with E-state index in [1.54, 1.807) is 0 Å². The number of nitrogens with zero attached hydrogens (tertiary/aromatic N) is 3. The van der Waals surface area contributed by atoms with E-state index in [1.807, 2.05) is 18.2 Å². The summed E-state index contributed by atoms with van der Waals surface area (Å²) in [5.41, 5.74) is 2.35. The molecule has 5 nitrogen and oxygen atoms in total. The van der Waals surface area contributed by atoms with Crippen molar-refractivity contribution in [2.24, 2.45) is 7.05 Å². The molecule has 0 unspecified atom stereocenters. The van der Waals surface area contributed by atoms with Crippen molar-refractivity contribution in [3.05, 3.63) is 41.2 Å². The Kier molecular flexibility index (Phi) is 5.03. The number of thioether (sulfide) groups is 1. The highest BCUT2D eigenvalue weighted by molar-refractivity contribution is 7.99. The molecule has 0 bridgehead atoms. The average Bonchev–Trinajstić information content (AvgIpc) is 2.94. The zero-order valence-corrected chi connectivity index (χ0v) is 14.3. The van der Waals surface area contributed by atoms with Crippen LogP contribution in [0, 0.1) is 0 Å².